The van der Waals surface area contributed by atoms with Crippen LogP contribution in [-0.4, -0.2) is 21.1 Å². The lowest BCUT2D eigenvalue weighted by Gasteiger charge is -2.20. The molecule has 1 aliphatic carbocycles. The number of rotatable bonds is 5. The molecule has 21 heavy (non-hydrogen) atoms. The molecule has 0 spiro atoms. The second-order valence-electron chi connectivity index (χ2n) is 5.33. The second kappa shape index (κ2) is 7.94. The summed E-state index contributed by atoms with van der Waals surface area (Å²) in [7, 11) is -0.894. The molecular weight excluding hydrogens is 284 g/mol. The van der Waals surface area contributed by atoms with Gasteiger partial charge in [-0.15, -0.1) is 0 Å². The van der Waals surface area contributed by atoms with Gasteiger partial charge in [0.25, 0.3) is 0 Å². The van der Waals surface area contributed by atoms with E-state index in [2.05, 4.69) is 5.32 Å². The SMILES string of the molecule is N#Cc1ccc(NC(=O)CCS(=O)C2CCCCC2)cc1. The standard InChI is InChI=1S/C16H20N2O2S/c17-12-13-6-8-14(9-7-13)18-16(19)10-11-21(20)15-4-2-1-3-5-15/h6-9,15H,1-5,10-11H2,(H,18,19). The van der Waals surface area contributed by atoms with Gasteiger partial charge in [0.2, 0.25) is 5.91 Å². The number of hydrogen-bond acceptors (Lipinski definition) is 3. The molecule has 0 aliphatic heterocycles. The highest BCUT2D eigenvalue weighted by molar-refractivity contribution is 7.85. The Hall–Kier alpha value is -1.67. The first-order valence-electron chi connectivity index (χ1n) is 7.36. The summed E-state index contributed by atoms with van der Waals surface area (Å²) < 4.78 is 12.1. The van der Waals surface area contributed by atoms with E-state index in [1.165, 1.54) is 6.42 Å². The highest BCUT2D eigenvalue weighted by atomic mass is 32.2. The van der Waals surface area contributed by atoms with E-state index in [1.54, 1.807) is 24.3 Å². The van der Waals surface area contributed by atoms with Crippen LogP contribution in [0.3, 0.4) is 0 Å². The zero-order valence-corrected chi connectivity index (χ0v) is 12.8. The van der Waals surface area contributed by atoms with Crippen LogP contribution in [0, 0.1) is 11.3 Å². The van der Waals surface area contributed by atoms with Gasteiger partial charge in [-0.2, -0.15) is 5.26 Å². The second-order valence-corrected chi connectivity index (χ2v) is 7.17. The lowest BCUT2D eigenvalue weighted by Crippen LogP contribution is -2.23. The largest absolute Gasteiger partial charge is 0.326 e. The number of nitrogens with zero attached hydrogens (tertiary/aromatic N) is 1. The van der Waals surface area contributed by atoms with Crippen LogP contribution < -0.4 is 5.32 Å². The Kier molecular flexibility index (Phi) is 5.94. The molecule has 1 atom stereocenters. The summed E-state index contributed by atoms with van der Waals surface area (Å²) in [5.74, 6) is 0.316. The van der Waals surface area contributed by atoms with Crippen molar-refractivity contribution in [3.63, 3.8) is 0 Å². The number of nitrogens with one attached hydrogen (secondary N) is 1. The van der Waals surface area contributed by atoms with Crippen molar-refractivity contribution in [3.8, 4) is 6.07 Å². The van der Waals surface area contributed by atoms with Crippen LogP contribution in [0.1, 0.15) is 44.1 Å². The van der Waals surface area contributed by atoms with Crippen LogP contribution in [0.5, 0.6) is 0 Å². The molecule has 1 aromatic rings. The fraction of sp³-hybridized carbons (Fsp3) is 0.500. The number of hydrogen-bond donors (Lipinski definition) is 1. The maximum absolute atomic E-state index is 12.1. The Morgan fingerprint density at radius 3 is 2.52 bits per heavy atom. The summed E-state index contributed by atoms with van der Waals surface area (Å²) in [6, 6.07) is 8.76. The van der Waals surface area contributed by atoms with Crippen molar-refractivity contribution < 1.29 is 9.00 Å². The van der Waals surface area contributed by atoms with Crippen molar-refractivity contribution in [2.24, 2.45) is 0 Å². The first-order chi connectivity index (χ1) is 10.2. The predicted molar refractivity (Wildman–Crippen MR) is 84.3 cm³/mol. The van der Waals surface area contributed by atoms with Gasteiger partial charge >= 0.3 is 0 Å². The predicted octanol–water partition coefficient (Wildman–Crippen LogP) is 2.97. The van der Waals surface area contributed by atoms with Crippen molar-refractivity contribution in [2.45, 2.75) is 43.8 Å². The van der Waals surface area contributed by atoms with Crippen molar-refractivity contribution in [1.29, 1.82) is 5.26 Å². The van der Waals surface area contributed by atoms with E-state index in [0.29, 0.717) is 17.0 Å². The Balaban J connectivity index is 1.76. The van der Waals surface area contributed by atoms with Gasteiger partial charge in [0.1, 0.15) is 0 Å². The van der Waals surface area contributed by atoms with Crippen molar-refractivity contribution >= 4 is 22.4 Å². The molecule has 5 heteroatoms. The molecule has 0 saturated heterocycles. The van der Waals surface area contributed by atoms with E-state index in [0.717, 1.165) is 25.7 Å². The summed E-state index contributed by atoms with van der Waals surface area (Å²) in [6.45, 7) is 0. The normalized spacial score (nSPS) is 16.9. The van der Waals surface area contributed by atoms with Crippen LogP contribution >= 0.6 is 0 Å². The van der Waals surface area contributed by atoms with Gasteiger partial charge in [0.05, 0.1) is 11.6 Å². The van der Waals surface area contributed by atoms with Gasteiger partial charge in [0, 0.05) is 33.9 Å². The maximum atomic E-state index is 12.1. The molecule has 1 unspecified atom stereocenters. The lowest BCUT2D eigenvalue weighted by atomic mass is 10.0. The molecule has 0 radical (unpaired) electrons. The molecule has 1 amide bonds. The monoisotopic (exact) mass is 304 g/mol. The van der Waals surface area contributed by atoms with Crippen LogP contribution in [0.15, 0.2) is 24.3 Å². The third kappa shape index (κ3) is 4.98. The minimum absolute atomic E-state index is 0.121. The van der Waals surface area contributed by atoms with Crippen molar-refractivity contribution in [3.05, 3.63) is 29.8 Å². The zero-order chi connectivity index (χ0) is 15.1. The minimum atomic E-state index is -0.894. The molecule has 0 bridgehead atoms. The molecule has 1 aromatic carbocycles. The molecule has 0 heterocycles. The lowest BCUT2D eigenvalue weighted by molar-refractivity contribution is -0.115. The smallest absolute Gasteiger partial charge is 0.225 e. The van der Waals surface area contributed by atoms with E-state index >= 15 is 0 Å². The molecule has 1 N–H and O–H groups in total. The van der Waals surface area contributed by atoms with Crippen molar-refractivity contribution in [2.75, 3.05) is 11.1 Å². The Bertz CT molecular complexity index is 542. The Labute approximate surface area is 128 Å². The summed E-state index contributed by atoms with van der Waals surface area (Å²) in [5.41, 5.74) is 1.23. The summed E-state index contributed by atoms with van der Waals surface area (Å²) in [5, 5.41) is 11.8. The fourth-order valence-corrected chi connectivity index (χ4v) is 4.12. The first kappa shape index (κ1) is 15.7. The molecule has 1 fully saturated rings. The zero-order valence-electron chi connectivity index (χ0n) is 12.0. The first-order valence-corrected chi connectivity index (χ1v) is 8.74. The van der Waals surface area contributed by atoms with E-state index in [-0.39, 0.29) is 17.6 Å². The van der Waals surface area contributed by atoms with Crippen LogP contribution in [0.4, 0.5) is 5.69 Å². The molecule has 4 nitrogen and oxygen atoms in total. The maximum Gasteiger partial charge on any atom is 0.225 e. The Morgan fingerprint density at radius 1 is 1.24 bits per heavy atom. The van der Waals surface area contributed by atoms with Gasteiger partial charge in [-0.1, -0.05) is 19.3 Å². The number of benzene rings is 1. The summed E-state index contributed by atoms with van der Waals surface area (Å²) in [4.78, 5) is 11.8. The number of anilines is 1. The minimum Gasteiger partial charge on any atom is -0.326 e. The highest BCUT2D eigenvalue weighted by Crippen LogP contribution is 2.22. The van der Waals surface area contributed by atoms with Gasteiger partial charge < -0.3 is 5.32 Å². The van der Waals surface area contributed by atoms with E-state index in [9.17, 15) is 9.00 Å². The average Bonchev–Trinajstić information content (AvgIpc) is 2.54. The third-order valence-corrected chi connectivity index (χ3v) is 5.57. The average molecular weight is 304 g/mol. The summed E-state index contributed by atoms with van der Waals surface area (Å²) >= 11 is 0. The van der Waals surface area contributed by atoms with Gasteiger partial charge in [-0.05, 0) is 37.1 Å². The molecule has 0 aromatic heterocycles. The van der Waals surface area contributed by atoms with E-state index in [1.807, 2.05) is 6.07 Å². The fourth-order valence-electron chi connectivity index (χ4n) is 2.54. The molecule has 2 rings (SSSR count). The number of carbonyl (C=O) groups is 1. The number of amides is 1. The van der Waals surface area contributed by atoms with Gasteiger partial charge in [-0.25, -0.2) is 0 Å². The topological polar surface area (TPSA) is 70.0 Å². The number of carbonyl (C=O) groups excluding carboxylic acids is 1. The number of nitriles is 1. The Morgan fingerprint density at radius 2 is 1.90 bits per heavy atom. The molecule has 112 valence electrons. The summed E-state index contributed by atoms with van der Waals surface area (Å²) in [6.07, 6.45) is 5.91. The van der Waals surface area contributed by atoms with Crippen LogP contribution in [0.2, 0.25) is 0 Å². The van der Waals surface area contributed by atoms with E-state index in [4.69, 9.17) is 5.26 Å². The van der Waals surface area contributed by atoms with Crippen LogP contribution in [0.25, 0.3) is 0 Å². The van der Waals surface area contributed by atoms with Crippen molar-refractivity contribution in [1.82, 2.24) is 0 Å². The highest BCUT2D eigenvalue weighted by Gasteiger charge is 2.20. The molecular formula is C16H20N2O2S. The quantitative estimate of drug-likeness (QED) is 0.909. The third-order valence-electron chi connectivity index (χ3n) is 3.75. The van der Waals surface area contributed by atoms with E-state index < -0.39 is 10.8 Å². The van der Waals surface area contributed by atoms with Gasteiger partial charge in [0.15, 0.2) is 0 Å². The molecule has 1 saturated carbocycles. The van der Waals surface area contributed by atoms with Crippen LogP contribution in [-0.2, 0) is 15.6 Å². The van der Waals surface area contributed by atoms with Gasteiger partial charge in [-0.3, -0.25) is 9.00 Å². The molecule has 1 aliphatic rings.